The van der Waals surface area contributed by atoms with E-state index >= 15 is 0 Å². The number of hydrogen-bond donors (Lipinski definition) is 1. The Hall–Kier alpha value is -0.940. The van der Waals surface area contributed by atoms with Crippen LogP contribution in [0, 0.1) is 11.8 Å². The predicted molar refractivity (Wildman–Crippen MR) is 72.1 cm³/mol. The summed E-state index contributed by atoms with van der Waals surface area (Å²) in [6.45, 7) is 10.0. The second-order valence-corrected chi connectivity index (χ2v) is 5.78. The van der Waals surface area contributed by atoms with Crippen LogP contribution in [-0.2, 0) is 13.6 Å². The van der Waals surface area contributed by atoms with Gasteiger partial charge >= 0.3 is 0 Å². The number of nitrogens with zero attached hydrogens (tertiary/aromatic N) is 4. The monoisotopic (exact) mass is 251 g/mol. The van der Waals surface area contributed by atoms with Crippen molar-refractivity contribution >= 4 is 0 Å². The molecule has 1 atom stereocenters. The summed E-state index contributed by atoms with van der Waals surface area (Å²) in [6, 6.07) is 0. The Balaban J connectivity index is 1.68. The summed E-state index contributed by atoms with van der Waals surface area (Å²) < 4.78 is 1.77. The average molecular weight is 251 g/mol. The van der Waals surface area contributed by atoms with Gasteiger partial charge in [-0.15, -0.1) is 0 Å². The first-order valence-corrected chi connectivity index (χ1v) is 6.91. The van der Waals surface area contributed by atoms with Gasteiger partial charge in [-0.25, -0.2) is 4.98 Å². The number of nitrogens with one attached hydrogen (secondary N) is 1. The minimum atomic E-state index is 0.736. The van der Waals surface area contributed by atoms with Gasteiger partial charge in [0, 0.05) is 13.6 Å². The Morgan fingerprint density at radius 3 is 3.00 bits per heavy atom. The lowest BCUT2D eigenvalue weighted by atomic mass is 10.1. The second kappa shape index (κ2) is 6.29. The molecule has 0 aliphatic carbocycles. The molecule has 2 heterocycles. The number of aryl methyl sites for hydroxylation is 1. The van der Waals surface area contributed by atoms with Crippen LogP contribution in [0.1, 0.15) is 26.1 Å². The molecule has 0 aromatic carbocycles. The van der Waals surface area contributed by atoms with E-state index in [2.05, 4.69) is 34.1 Å². The van der Waals surface area contributed by atoms with Crippen LogP contribution in [0.3, 0.4) is 0 Å². The van der Waals surface area contributed by atoms with Gasteiger partial charge in [-0.1, -0.05) is 13.8 Å². The first-order chi connectivity index (χ1) is 8.63. The first-order valence-electron chi connectivity index (χ1n) is 6.91. The predicted octanol–water partition coefficient (Wildman–Crippen LogP) is 0.883. The van der Waals surface area contributed by atoms with Crippen LogP contribution in [0.15, 0.2) is 6.33 Å². The number of likely N-dealkylation sites (tertiary alicyclic amines) is 1. The third-order valence-corrected chi connectivity index (χ3v) is 3.37. The van der Waals surface area contributed by atoms with E-state index in [1.165, 1.54) is 19.5 Å². The minimum absolute atomic E-state index is 0.736. The molecule has 0 bridgehead atoms. The Labute approximate surface area is 110 Å². The van der Waals surface area contributed by atoms with Crippen LogP contribution in [0.2, 0.25) is 0 Å². The highest BCUT2D eigenvalue weighted by atomic mass is 15.3. The fraction of sp³-hybridized carbons (Fsp3) is 0.846. The maximum absolute atomic E-state index is 4.33. The summed E-state index contributed by atoms with van der Waals surface area (Å²) in [6.07, 6.45) is 3.06. The molecule has 2 rings (SSSR count). The Bertz CT molecular complexity index is 360. The normalized spacial score (nSPS) is 21.0. The summed E-state index contributed by atoms with van der Waals surface area (Å²) in [5.41, 5.74) is 0. The molecule has 0 saturated carbocycles. The van der Waals surface area contributed by atoms with Crippen molar-refractivity contribution in [3.63, 3.8) is 0 Å². The van der Waals surface area contributed by atoms with Crippen LogP contribution in [0.4, 0.5) is 0 Å². The lowest BCUT2D eigenvalue weighted by Gasteiger charge is -2.15. The third-order valence-electron chi connectivity index (χ3n) is 3.37. The molecule has 1 aliphatic rings. The molecule has 1 aromatic heterocycles. The van der Waals surface area contributed by atoms with Crippen LogP contribution in [0.25, 0.3) is 0 Å². The molecule has 5 nitrogen and oxygen atoms in total. The molecular weight excluding hydrogens is 226 g/mol. The summed E-state index contributed by atoms with van der Waals surface area (Å²) in [4.78, 5) is 6.74. The molecule has 1 aromatic rings. The zero-order valence-electron chi connectivity index (χ0n) is 11.8. The lowest BCUT2D eigenvalue weighted by molar-refractivity contribution is 0.305. The first kappa shape index (κ1) is 13.5. The number of aromatic nitrogens is 3. The third kappa shape index (κ3) is 4.07. The van der Waals surface area contributed by atoms with E-state index < -0.39 is 0 Å². The number of hydrogen-bond acceptors (Lipinski definition) is 4. The van der Waals surface area contributed by atoms with Crippen molar-refractivity contribution in [2.24, 2.45) is 18.9 Å². The smallest absolute Gasteiger partial charge is 0.164 e. The summed E-state index contributed by atoms with van der Waals surface area (Å²) in [7, 11) is 1.92. The van der Waals surface area contributed by atoms with Crippen molar-refractivity contribution in [3.05, 3.63) is 12.2 Å². The molecule has 1 fully saturated rings. The van der Waals surface area contributed by atoms with Crippen LogP contribution in [-0.4, -0.2) is 45.8 Å². The fourth-order valence-electron chi connectivity index (χ4n) is 2.46. The van der Waals surface area contributed by atoms with Crippen LogP contribution in [0.5, 0.6) is 0 Å². The quantitative estimate of drug-likeness (QED) is 0.815. The maximum atomic E-state index is 4.33. The van der Waals surface area contributed by atoms with Crippen molar-refractivity contribution in [1.29, 1.82) is 0 Å². The molecule has 0 radical (unpaired) electrons. The van der Waals surface area contributed by atoms with Gasteiger partial charge in [0.15, 0.2) is 5.82 Å². The molecule has 0 spiro atoms. The van der Waals surface area contributed by atoms with Gasteiger partial charge in [-0.3, -0.25) is 9.58 Å². The molecular formula is C13H25N5. The average Bonchev–Trinajstić information content (AvgIpc) is 2.89. The van der Waals surface area contributed by atoms with Gasteiger partial charge in [0.1, 0.15) is 6.33 Å². The van der Waals surface area contributed by atoms with E-state index in [-0.39, 0.29) is 0 Å². The second-order valence-electron chi connectivity index (χ2n) is 5.78. The van der Waals surface area contributed by atoms with E-state index in [0.717, 1.165) is 37.3 Å². The highest BCUT2D eigenvalue weighted by molar-refractivity contribution is 4.85. The summed E-state index contributed by atoms with van der Waals surface area (Å²) in [5, 5.41) is 7.89. The Morgan fingerprint density at radius 1 is 1.50 bits per heavy atom. The largest absolute Gasteiger partial charge is 0.316 e. The van der Waals surface area contributed by atoms with Gasteiger partial charge < -0.3 is 5.32 Å². The topological polar surface area (TPSA) is 46.0 Å². The SMILES string of the molecule is CC(C)CNCC1CCN(Cc2ncn(C)n2)C1. The van der Waals surface area contributed by atoms with Crippen molar-refractivity contribution in [3.8, 4) is 0 Å². The molecule has 1 saturated heterocycles. The molecule has 1 N–H and O–H groups in total. The Morgan fingerprint density at radius 2 is 2.33 bits per heavy atom. The Kier molecular flexibility index (Phi) is 4.72. The fourth-order valence-corrected chi connectivity index (χ4v) is 2.46. The van der Waals surface area contributed by atoms with E-state index in [0.29, 0.717) is 0 Å². The summed E-state index contributed by atoms with van der Waals surface area (Å²) >= 11 is 0. The highest BCUT2D eigenvalue weighted by Gasteiger charge is 2.22. The molecule has 5 heteroatoms. The van der Waals surface area contributed by atoms with E-state index in [4.69, 9.17) is 0 Å². The van der Waals surface area contributed by atoms with Crippen molar-refractivity contribution in [2.45, 2.75) is 26.8 Å². The van der Waals surface area contributed by atoms with E-state index in [1.54, 1.807) is 11.0 Å². The molecule has 1 aliphatic heterocycles. The molecule has 102 valence electrons. The van der Waals surface area contributed by atoms with Gasteiger partial charge in [-0.05, 0) is 37.9 Å². The van der Waals surface area contributed by atoms with Crippen molar-refractivity contribution < 1.29 is 0 Å². The van der Waals surface area contributed by atoms with E-state index in [9.17, 15) is 0 Å². The van der Waals surface area contributed by atoms with Crippen molar-refractivity contribution in [1.82, 2.24) is 25.0 Å². The van der Waals surface area contributed by atoms with Crippen LogP contribution >= 0.6 is 0 Å². The summed E-state index contributed by atoms with van der Waals surface area (Å²) in [5.74, 6) is 2.46. The van der Waals surface area contributed by atoms with Gasteiger partial charge in [0.2, 0.25) is 0 Å². The zero-order valence-corrected chi connectivity index (χ0v) is 11.8. The van der Waals surface area contributed by atoms with Gasteiger partial charge in [-0.2, -0.15) is 5.10 Å². The maximum Gasteiger partial charge on any atom is 0.164 e. The van der Waals surface area contributed by atoms with Gasteiger partial charge in [0.25, 0.3) is 0 Å². The lowest BCUT2D eigenvalue weighted by Crippen LogP contribution is -2.28. The standard InChI is InChI=1S/C13H25N5/c1-11(2)6-14-7-12-4-5-18(8-12)9-13-15-10-17(3)16-13/h10-12,14H,4-9H2,1-3H3. The highest BCUT2D eigenvalue weighted by Crippen LogP contribution is 2.16. The number of rotatable bonds is 6. The zero-order chi connectivity index (χ0) is 13.0. The minimum Gasteiger partial charge on any atom is -0.316 e. The molecule has 18 heavy (non-hydrogen) atoms. The van der Waals surface area contributed by atoms with Crippen molar-refractivity contribution in [2.75, 3.05) is 26.2 Å². The molecule has 1 unspecified atom stereocenters. The van der Waals surface area contributed by atoms with Crippen LogP contribution < -0.4 is 5.32 Å². The van der Waals surface area contributed by atoms with Gasteiger partial charge in [0.05, 0.1) is 6.54 Å². The van der Waals surface area contributed by atoms with E-state index in [1.807, 2.05) is 7.05 Å². The molecule has 0 amide bonds.